The summed E-state index contributed by atoms with van der Waals surface area (Å²) in [4.78, 5) is 37.5. The molecule has 0 bridgehead atoms. The fourth-order valence-corrected chi connectivity index (χ4v) is 9.51. The maximum atomic E-state index is 13.1. The first-order chi connectivity index (χ1) is 32.7. The van der Waals surface area contributed by atoms with Gasteiger partial charge in [-0.1, -0.05) is 153 Å². The second-order valence-electron chi connectivity index (χ2n) is 18.7. The number of hydrogen-bond donors (Lipinski definition) is 3. The van der Waals surface area contributed by atoms with Gasteiger partial charge in [0.2, 0.25) is 0 Å². The molecule has 6 aromatic carbocycles. The number of para-hydroxylation sites is 3. The molecular weight excluding hydrogens is 1050 g/mol. The summed E-state index contributed by atoms with van der Waals surface area (Å²) in [5.74, 6) is 1.87. The minimum atomic E-state index is -4.57. The Morgan fingerprint density at radius 3 is 1.13 bits per heavy atom. The summed E-state index contributed by atoms with van der Waals surface area (Å²) >= 11 is 5.63. The Morgan fingerprint density at radius 1 is 0.449 bits per heavy atom. The minimum absolute atomic E-state index is 0.0470. The van der Waals surface area contributed by atoms with E-state index in [1.54, 1.807) is 12.1 Å². The predicted octanol–water partition coefficient (Wildman–Crippen LogP) is 17.7. The van der Waals surface area contributed by atoms with Crippen molar-refractivity contribution in [2.75, 3.05) is 16.0 Å². The van der Waals surface area contributed by atoms with Crippen LogP contribution in [0.3, 0.4) is 0 Å². The lowest BCUT2D eigenvalue weighted by molar-refractivity contribution is -0.137. The van der Waals surface area contributed by atoms with E-state index in [1.165, 1.54) is 29.3 Å². The van der Waals surface area contributed by atoms with Gasteiger partial charge in [0, 0.05) is 25.1 Å². The van der Waals surface area contributed by atoms with Crippen molar-refractivity contribution in [2.45, 2.75) is 106 Å². The lowest BCUT2D eigenvalue weighted by Gasteiger charge is -2.19. The molecule has 0 aliphatic rings. The number of benzene rings is 6. The SMILES string of the molecule is CC(C)CC(C)c1ccccc1NC(=O)c1ccccc1Br.CC(C)CC(C)c1ccccc1NC(=O)c1ccccc1C(F)(F)F.CC(C)CC(C)c1ccccc1NC(=O)c1ccccc1I. The molecule has 0 aliphatic heterocycles. The second-order valence-corrected chi connectivity index (χ2v) is 20.7. The van der Waals surface area contributed by atoms with Gasteiger partial charge in [0.1, 0.15) is 0 Å². The quantitative estimate of drug-likeness (QED) is 0.0896. The standard InChI is InChI=1S/C20H22F3NO.C19H22BrNO.C19H22INO/c1-13(2)12-14(3)15-8-5-7-11-18(15)24-19(25)16-9-4-6-10-17(16)20(21,22)23;2*1-13(2)12-14(3)15-8-5-7-11-18(15)21-19(22)16-9-4-6-10-17(16)20/h4-11,13-14H,12H2,1-3H3,(H,24,25);2*4-11,13-14H,12H2,1-3H3,(H,21,22). The first kappa shape index (κ1) is 56.3. The molecule has 69 heavy (non-hydrogen) atoms. The lowest BCUT2D eigenvalue weighted by Crippen LogP contribution is -2.19. The molecule has 6 aromatic rings. The van der Waals surface area contributed by atoms with Crippen LogP contribution in [0.25, 0.3) is 0 Å². The van der Waals surface area contributed by atoms with E-state index in [-0.39, 0.29) is 23.3 Å². The molecule has 6 nitrogen and oxygen atoms in total. The summed E-state index contributed by atoms with van der Waals surface area (Å²) in [5, 5.41) is 8.79. The van der Waals surface area contributed by atoms with Gasteiger partial charge in [0.15, 0.2) is 0 Å². The highest BCUT2D eigenvalue weighted by molar-refractivity contribution is 14.1. The third kappa shape index (κ3) is 17.6. The van der Waals surface area contributed by atoms with Crippen LogP contribution in [-0.4, -0.2) is 17.7 Å². The highest BCUT2D eigenvalue weighted by Gasteiger charge is 2.35. The number of anilines is 3. The number of halogens is 5. The molecule has 3 unspecified atom stereocenters. The number of alkyl halides is 3. The van der Waals surface area contributed by atoms with E-state index in [0.717, 1.165) is 55.9 Å². The van der Waals surface area contributed by atoms with Crippen molar-refractivity contribution in [3.8, 4) is 0 Å². The van der Waals surface area contributed by atoms with Crippen LogP contribution in [0.15, 0.2) is 150 Å². The monoisotopic (exact) mass is 1120 g/mol. The Balaban J connectivity index is 0.000000226. The van der Waals surface area contributed by atoms with Crippen LogP contribution in [0.5, 0.6) is 0 Å². The molecule has 11 heteroatoms. The molecule has 0 fully saturated rings. The Hall–Kier alpha value is -5.27. The number of carbonyl (C=O) groups excluding carboxylic acids is 3. The highest BCUT2D eigenvalue weighted by atomic mass is 127. The molecule has 366 valence electrons. The maximum Gasteiger partial charge on any atom is 0.417 e. The van der Waals surface area contributed by atoms with E-state index in [4.69, 9.17) is 0 Å². The van der Waals surface area contributed by atoms with Gasteiger partial charge < -0.3 is 16.0 Å². The molecule has 3 amide bonds. The third-order valence-corrected chi connectivity index (χ3v) is 13.0. The van der Waals surface area contributed by atoms with E-state index in [1.807, 2.05) is 97.1 Å². The van der Waals surface area contributed by atoms with E-state index in [9.17, 15) is 27.6 Å². The van der Waals surface area contributed by atoms with Gasteiger partial charge in [-0.2, -0.15) is 13.2 Å². The van der Waals surface area contributed by atoms with Crippen molar-refractivity contribution in [3.05, 3.63) is 193 Å². The van der Waals surface area contributed by atoms with Crippen molar-refractivity contribution in [3.63, 3.8) is 0 Å². The Bertz CT molecular complexity index is 2500. The highest BCUT2D eigenvalue weighted by Crippen LogP contribution is 2.35. The molecular formula is C58H66BrF3IN3O3. The van der Waals surface area contributed by atoms with Crippen molar-refractivity contribution in [1.29, 1.82) is 0 Å². The molecule has 0 heterocycles. The zero-order valence-electron chi connectivity index (χ0n) is 41.1. The summed E-state index contributed by atoms with van der Waals surface area (Å²) in [6.07, 6.45) is -1.44. The van der Waals surface area contributed by atoms with Crippen LogP contribution in [0.2, 0.25) is 0 Å². The smallest absolute Gasteiger partial charge is 0.322 e. The molecule has 0 aromatic heterocycles. The van der Waals surface area contributed by atoms with Gasteiger partial charge in [-0.3, -0.25) is 14.4 Å². The summed E-state index contributed by atoms with van der Waals surface area (Å²) in [7, 11) is 0. The molecule has 6 rings (SSSR count). The van der Waals surface area contributed by atoms with E-state index >= 15 is 0 Å². The molecule has 0 radical (unpaired) electrons. The summed E-state index contributed by atoms with van der Waals surface area (Å²) in [6.45, 7) is 19.6. The zero-order chi connectivity index (χ0) is 50.8. The molecule has 0 aliphatic carbocycles. The van der Waals surface area contributed by atoms with Crippen LogP contribution in [-0.2, 0) is 6.18 Å². The van der Waals surface area contributed by atoms with Gasteiger partial charge in [0.05, 0.1) is 22.3 Å². The van der Waals surface area contributed by atoms with Crippen LogP contribution in [0.4, 0.5) is 30.2 Å². The summed E-state index contributed by atoms with van der Waals surface area (Å²) < 4.78 is 41.1. The van der Waals surface area contributed by atoms with Crippen molar-refractivity contribution in [2.24, 2.45) is 17.8 Å². The molecule has 0 saturated carbocycles. The normalized spacial score (nSPS) is 12.5. The first-order valence-electron chi connectivity index (χ1n) is 23.5. The van der Waals surface area contributed by atoms with Crippen molar-refractivity contribution < 1.29 is 27.6 Å². The van der Waals surface area contributed by atoms with Crippen LogP contribution in [0, 0.1) is 21.3 Å². The zero-order valence-corrected chi connectivity index (χ0v) is 44.8. The van der Waals surface area contributed by atoms with Gasteiger partial charge in [0.25, 0.3) is 17.7 Å². The van der Waals surface area contributed by atoms with Crippen LogP contribution in [0.1, 0.15) is 153 Å². The molecule has 0 saturated heterocycles. The fourth-order valence-electron chi connectivity index (χ4n) is 8.41. The van der Waals surface area contributed by atoms with Gasteiger partial charge >= 0.3 is 6.18 Å². The number of rotatable bonds is 15. The topological polar surface area (TPSA) is 87.3 Å². The minimum Gasteiger partial charge on any atom is -0.322 e. The predicted molar refractivity (Wildman–Crippen MR) is 292 cm³/mol. The van der Waals surface area contributed by atoms with E-state index in [0.29, 0.717) is 40.8 Å². The number of carbonyl (C=O) groups is 3. The Morgan fingerprint density at radius 2 is 0.754 bits per heavy atom. The number of hydrogen-bond acceptors (Lipinski definition) is 3. The van der Waals surface area contributed by atoms with E-state index < -0.39 is 17.6 Å². The third-order valence-electron chi connectivity index (χ3n) is 11.4. The second kappa shape index (κ2) is 27.2. The lowest BCUT2D eigenvalue weighted by atomic mass is 9.91. The molecule has 3 atom stereocenters. The van der Waals surface area contributed by atoms with E-state index in [2.05, 4.69) is 129 Å². The van der Waals surface area contributed by atoms with Gasteiger partial charge in [-0.25, -0.2) is 0 Å². The molecule has 0 spiro atoms. The number of amides is 3. The van der Waals surface area contributed by atoms with Crippen LogP contribution >= 0.6 is 38.5 Å². The van der Waals surface area contributed by atoms with Crippen LogP contribution < -0.4 is 16.0 Å². The average molecular weight is 1120 g/mol. The number of nitrogens with one attached hydrogen (secondary N) is 3. The van der Waals surface area contributed by atoms with Gasteiger partial charge in [-0.15, -0.1) is 0 Å². The van der Waals surface area contributed by atoms with Gasteiger partial charge in [-0.05, 0) is 165 Å². The van der Waals surface area contributed by atoms with Crippen molar-refractivity contribution >= 4 is 73.3 Å². The molecule has 3 N–H and O–H groups in total. The Kier molecular flexibility index (Phi) is 22.2. The first-order valence-corrected chi connectivity index (χ1v) is 25.4. The summed E-state index contributed by atoms with van der Waals surface area (Å²) in [5.41, 5.74) is 5.75. The largest absolute Gasteiger partial charge is 0.417 e. The summed E-state index contributed by atoms with van der Waals surface area (Å²) in [6, 6.07) is 43.3. The van der Waals surface area contributed by atoms with Crippen molar-refractivity contribution in [1.82, 2.24) is 0 Å². The average Bonchev–Trinajstić information content (AvgIpc) is 3.29. The fraction of sp³-hybridized carbons (Fsp3) is 0.328. The maximum absolute atomic E-state index is 13.1. The Labute approximate surface area is 430 Å².